The molecule has 0 aliphatic carbocycles. The van der Waals surface area contributed by atoms with E-state index in [0.29, 0.717) is 18.6 Å². The molecule has 0 bridgehead atoms. The molecule has 4 nitrogen and oxygen atoms in total. The second-order valence-corrected chi connectivity index (χ2v) is 6.34. The van der Waals surface area contributed by atoms with Gasteiger partial charge in [0.15, 0.2) is 0 Å². The largest absolute Gasteiger partial charge is 0.309 e. The Bertz CT molecular complexity index is 603. The molecule has 1 aromatic heterocycles. The van der Waals surface area contributed by atoms with Crippen LogP contribution in [0.25, 0.3) is 0 Å². The van der Waals surface area contributed by atoms with Crippen molar-refractivity contribution in [1.82, 2.24) is 20.0 Å². The molecule has 1 saturated heterocycles. The maximum atomic E-state index is 12.9. The Balaban J connectivity index is 0.00000192. The van der Waals surface area contributed by atoms with Crippen molar-refractivity contribution in [3.8, 4) is 0 Å². The van der Waals surface area contributed by atoms with Crippen molar-refractivity contribution in [2.45, 2.75) is 39.0 Å². The van der Waals surface area contributed by atoms with Crippen molar-refractivity contribution in [1.29, 1.82) is 0 Å². The minimum absolute atomic E-state index is 0. The summed E-state index contributed by atoms with van der Waals surface area (Å²) in [5, 5.41) is 7.96. The van der Waals surface area contributed by atoms with Crippen molar-refractivity contribution in [2.75, 3.05) is 13.1 Å². The van der Waals surface area contributed by atoms with Gasteiger partial charge in [-0.1, -0.05) is 12.1 Å². The number of hydrogen-bond acceptors (Lipinski definition) is 3. The summed E-state index contributed by atoms with van der Waals surface area (Å²) in [4.78, 5) is 2.46. The summed E-state index contributed by atoms with van der Waals surface area (Å²) >= 11 is 0. The van der Waals surface area contributed by atoms with Gasteiger partial charge in [-0.25, -0.2) is 4.39 Å². The highest BCUT2D eigenvalue weighted by atomic mass is 35.5. The molecule has 2 unspecified atom stereocenters. The highest BCUT2D eigenvalue weighted by Crippen LogP contribution is 2.11. The molecule has 0 saturated carbocycles. The lowest BCUT2D eigenvalue weighted by Crippen LogP contribution is -2.53. The zero-order valence-corrected chi connectivity index (χ0v) is 14.4. The first kappa shape index (κ1) is 17.9. The summed E-state index contributed by atoms with van der Waals surface area (Å²) in [5.74, 6) is -0.202. The number of benzene rings is 1. The van der Waals surface area contributed by atoms with Gasteiger partial charge in [0.25, 0.3) is 0 Å². The third-order valence-corrected chi connectivity index (χ3v) is 3.98. The Hall–Kier alpha value is -1.43. The van der Waals surface area contributed by atoms with Crippen LogP contribution in [0.1, 0.15) is 25.0 Å². The van der Waals surface area contributed by atoms with Crippen LogP contribution in [-0.2, 0) is 13.1 Å². The lowest BCUT2D eigenvalue weighted by molar-refractivity contribution is 0.166. The first-order valence-electron chi connectivity index (χ1n) is 7.82. The molecule has 1 aliphatic rings. The van der Waals surface area contributed by atoms with Crippen LogP contribution in [0.4, 0.5) is 4.39 Å². The molecule has 0 radical (unpaired) electrons. The molecule has 2 atom stereocenters. The average Bonchev–Trinajstić information content (AvgIpc) is 2.87. The topological polar surface area (TPSA) is 33.1 Å². The molecule has 2 heterocycles. The third kappa shape index (κ3) is 5.03. The first-order chi connectivity index (χ1) is 10.6. The van der Waals surface area contributed by atoms with Crippen LogP contribution in [0.2, 0.25) is 0 Å². The second-order valence-electron chi connectivity index (χ2n) is 6.34. The van der Waals surface area contributed by atoms with Gasteiger partial charge >= 0.3 is 0 Å². The van der Waals surface area contributed by atoms with Crippen LogP contribution < -0.4 is 5.32 Å². The Morgan fingerprint density at radius 3 is 2.39 bits per heavy atom. The van der Waals surface area contributed by atoms with E-state index in [1.165, 1.54) is 17.7 Å². The number of hydrogen-bond donors (Lipinski definition) is 1. The van der Waals surface area contributed by atoms with E-state index >= 15 is 0 Å². The molecule has 23 heavy (non-hydrogen) atoms. The molecule has 1 aliphatic heterocycles. The smallest absolute Gasteiger partial charge is 0.123 e. The van der Waals surface area contributed by atoms with Gasteiger partial charge in [0.1, 0.15) is 5.82 Å². The fourth-order valence-electron chi connectivity index (χ4n) is 3.18. The zero-order chi connectivity index (χ0) is 15.5. The molecule has 1 N–H and O–H groups in total. The molecule has 3 rings (SSSR count). The highest BCUT2D eigenvalue weighted by molar-refractivity contribution is 5.85. The predicted octanol–water partition coefficient (Wildman–Crippen LogP) is 2.67. The van der Waals surface area contributed by atoms with Crippen LogP contribution in [0.5, 0.6) is 0 Å². The molecular formula is C17H24ClFN4. The number of rotatable bonds is 4. The van der Waals surface area contributed by atoms with Crippen molar-refractivity contribution >= 4 is 12.4 Å². The van der Waals surface area contributed by atoms with Crippen molar-refractivity contribution in [2.24, 2.45) is 0 Å². The SMILES string of the molecule is CC1CN(Cc2cnn(Cc3ccc(F)cc3)c2)CC(C)N1.Cl. The molecule has 1 fully saturated rings. The molecule has 0 spiro atoms. The summed E-state index contributed by atoms with van der Waals surface area (Å²) in [5.41, 5.74) is 2.28. The average molecular weight is 339 g/mol. The van der Waals surface area contributed by atoms with E-state index in [-0.39, 0.29) is 18.2 Å². The summed E-state index contributed by atoms with van der Waals surface area (Å²) in [6.45, 7) is 8.18. The van der Waals surface area contributed by atoms with E-state index < -0.39 is 0 Å². The van der Waals surface area contributed by atoms with Crippen LogP contribution in [0.15, 0.2) is 36.7 Å². The molecular weight excluding hydrogens is 315 g/mol. The van der Waals surface area contributed by atoms with E-state index in [2.05, 4.69) is 35.4 Å². The van der Waals surface area contributed by atoms with Gasteiger partial charge in [-0.3, -0.25) is 9.58 Å². The van der Waals surface area contributed by atoms with Gasteiger partial charge < -0.3 is 5.32 Å². The minimum Gasteiger partial charge on any atom is -0.309 e. The van der Waals surface area contributed by atoms with Crippen molar-refractivity contribution in [3.63, 3.8) is 0 Å². The summed E-state index contributed by atoms with van der Waals surface area (Å²) in [7, 11) is 0. The monoisotopic (exact) mass is 338 g/mol. The van der Waals surface area contributed by atoms with Gasteiger partial charge in [0, 0.05) is 43.5 Å². The standard InChI is InChI=1S/C17H23FN4.ClH/c1-13-8-21(9-14(2)20-13)10-16-7-19-22(12-16)11-15-3-5-17(18)6-4-15;/h3-7,12-14,20H,8-11H2,1-2H3;1H. The maximum absolute atomic E-state index is 12.9. The molecule has 0 amide bonds. The fourth-order valence-corrected chi connectivity index (χ4v) is 3.18. The molecule has 6 heteroatoms. The van der Waals surface area contributed by atoms with Gasteiger partial charge in [-0.15, -0.1) is 12.4 Å². The fraction of sp³-hybridized carbons (Fsp3) is 0.471. The van der Waals surface area contributed by atoms with E-state index in [9.17, 15) is 4.39 Å². The molecule has 2 aromatic rings. The summed E-state index contributed by atoms with van der Waals surface area (Å²) in [6.07, 6.45) is 4.02. The molecule has 126 valence electrons. The van der Waals surface area contributed by atoms with Crippen molar-refractivity contribution in [3.05, 3.63) is 53.6 Å². The van der Waals surface area contributed by atoms with E-state index in [1.54, 1.807) is 12.1 Å². The Morgan fingerprint density at radius 2 is 1.74 bits per heavy atom. The number of aromatic nitrogens is 2. The van der Waals surface area contributed by atoms with E-state index in [0.717, 1.165) is 25.2 Å². The number of halogens is 2. The van der Waals surface area contributed by atoms with Crippen LogP contribution in [-0.4, -0.2) is 39.9 Å². The van der Waals surface area contributed by atoms with Gasteiger partial charge in [-0.05, 0) is 31.5 Å². The van der Waals surface area contributed by atoms with Crippen LogP contribution in [0.3, 0.4) is 0 Å². The quantitative estimate of drug-likeness (QED) is 0.930. The number of nitrogens with zero attached hydrogens (tertiary/aromatic N) is 3. The lowest BCUT2D eigenvalue weighted by Gasteiger charge is -2.35. The van der Waals surface area contributed by atoms with Gasteiger partial charge in [0.05, 0.1) is 12.7 Å². The Labute approximate surface area is 143 Å². The first-order valence-corrected chi connectivity index (χ1v) is 7.82. The number of piperazine rings is 1. The third-order valence-electron chi connectivity index (χ3n) is 3.98. The summed E-state index contributed by atoms with van der Waals surface area (Å²) in [6, 6.07) is 7.63. The maximum Gasteiger partial charge on any atom is 0.123 e. The minimum atomic E-state index is -0.202. The lowest BCUT2D eigenvalue weighted by atomic mass is 10.1. The van der Waals surface area contributed by atoms with Crippen LogP contribution >= 0.6 is 12.4 Å². The summed E-state index contributed by atoms with van der Waals surface area (Å²) < 4.78 is 14.8. The highest BCUT2D eigenvalue weighted by Gasteiger charge is 2.21. The normalized spacial score (nSPS) is 21.9. The van der Waals surface area contributed by atoms with Gasteiger partial charge in [0.2, 0.25) is 0 Å². The second kappa shape index (κ2) is 7.90. The predicted molar refractivity (Wildman–Crippen MR) is 92.3 cm³/mol. The molecule has 1 aromatic carbocycles. The van der Waals surface area contributed by atoms with E-state index in [4.69, 9.17) is 0 Å². The van der Waals surface area contributed by atoms with Crippen LogP contribution in [0, 0.1) is 5.82 Å². The zero-order valence-electron chi connectivity index (χ0n) is 13.6. The number of nitrogens with one attached hydrogen (secondary N) is 1. The van der Waals surface area contributed by atoms with E-state index in [1.807, 2.05) is 10.9 Å². The Morgan fingerprint density at radius 1 is 1.09 bits per heavy atom. The van der Waals surface area contributed by atoms with Gasteiger partial charge in [-0.2, -0.15) is 5.10 Å². The Kier molecular flexibility index (Phi) is 6.16. The van der Waals surface area contributed by atoms with Crippen molar-refractivity contribution < 1.29 is 4.39 Å².